The fourth-order valence-electron chi connectivity index (χ4n) is 2.96. The van der Waals surface area contributed by atoms with Crippen LogP contribution in [0.2, 0.25) is 0 Å². The normalized spacial score (nSPS) is 11.6. The summed E-state index contributed by atoms with van der Waals surface area (Å²) in [6.07, 6.45) is -0.767. The fourth-order valence-corrected chi connectivity index (χ4v) is 2.96. The number of hydrogen-bond acceptors (Lipinski definition) is 5. The third kappa shape index (κ3) is 4.42. The molecule has 0 bridgehead atoms. The smallest absolute Gasteiger partial charge is 0.417 e. The van der Waals surface area contributed by atoms with Gasteiger partial charge in [-0.1, -0.05) is 19.9 Å². The van der Waals surface area contributed by atoms with E-state index in [1.807, 2.05) is 13.8 Å². The van der Waals surface area contributed by atoms with Crippen molar-refractivity contribution in [1.82, 2.24) is 25.1 Å². The van der Waals surface area contributed by atoms with Crippen LogP contribution in [0.4, 0.5) is 13.2 Å². The monoisotopic (exact) mass is 419 g/mol. The SMILES string of the molecule is COc1ncccc1CNC(=O)c1cnn(-c2ccc(C(F)(F)F)cn2)c1C(C)C. The lowest BCUT2D eigenvalue weighted by Crippen LogP contribution is -2.24. The van der Waals surface area contributed by atoms with Gasteiger partial charge in [-0.05, 0) is 24.1 Å². The van der Waals surface area contributed by atoms with E-state index in [-0.39, 0.29) is 24.2 Å². The van der Waals surface area contributed by atoms with E-state index in [9.17, 15) is 18.0 Å². The Kier molecular flexibility index (Phi) is 6.04. The number of hydrogen-bond donors (Lipinski definition) is 1. The number of nitrogens with zero attached hydrogens (tertiary/aromatic N) is 4. The van der Waals surface area contributed by atoms with E-state index in [0.29, 0.717) is 22.7 Å². The summed E-state index contributed by atoms with van der Waals surface area (Å²) >= 11 is 0. The third-order valence-electron chi connectivity index (χ3n) is 4.37. The van der Waals surface area contributed by atoms with E-state index in [1.165, 1.54) is 24.1 Å². The molecule has 0 fully saturated rings. The minimum Gasteiger partial charge on any atom is -0.481 e. The number of amides is 1. The van der Waals surface area contributed by atoms with Gasteiger partial charge in [-0.2, -0.15) is 18.3 Å². The van der Waals surface area contributed by atoms with Gasteiger partial charge in [0.25, 0.3) is 5.91 Å². The van der Waals surface area contributed by atoms with E-state index < -0.39 is 11.7 Å². The standard InChI is InChI=1S/C20H20F3N5O2/c1-12(2)17-15(18(29)26-9-13-5-4-8-24-19(13)30-3)11-27-28(17)16-7-6-14(10-25-16)20(21,22)23/h4-8,10-12H,9H2,1-3H3,(H,26,29). The summed E-state index contributed by atoms with van der Waals surface area (Å²) in [4.78, 5) is 20.7. The predicted molar refractivity (Wildman–Crippen MR) is 102 cm³/mol. The molecule has 0 atom stereocenters. The van der Waals surface area contributed by atoms with Crippen molar-refractivity contribution in [1.29, 1.82) is 0 Å². The maximum absolute atomic E-state index is 12.8. The van der Waals surface area contributed by atoms with E-state index in [0.717, 1.165) is 12.3 Å². The van der Waals surface area contributed by atoms with E-state index in [1.54, 1.807) is 18.3 Å². The molecule has 10 heteroatoms. The number of carbonyl (C=O) groups is 1. The fraction of sp³-hybridized carbons (Fsp3) is 0.300. The molecule has 0 spiro atoms. The Morgan fingerprint density at radius 3 is 2.57 bits per heavy atom. The van der Waals surface area contributed by atoms with Crippen LogP contribution in [0.25, 0.3) is 5.82 Å². The maximum atomic E-state index is 12.8. The van der Waals surface area contributed by atoms with Crippen molar-refractivity contribution in [3.05, 3.63) is 65.2 Å². The molecule has 0 aliphatic heterocycles. The lowest BCUT2D eigenvalue weighted by Gasteiger charge is -2.13. The van der Waals surface area contributed by atoms with Crippen molar-refractivity contribution >= 4 is 5.91 Å². The number of pyridine rings is 2. The topological polar surface area (TPSA) is 81.9 Å². The second-order valence-electron chi connectivity index (χ2n) is 6.77. The maximum Gasteiger partial charge on any atom is 0.417 e. The molecule has 0 aliphatic rings. The van der Waals surface area contributed by atoms with Crippen LogP contribution in [0.1, 0.15) is 46.9 Å². The van der Waals surface area contributed by atoms with Crippen LogP contribution < -0.4 is 10.1 Å². The molecule has 0 unspecified atom stereocenters. The molecule has 0 saturated heterocycles. The number of nitrogens with one attached hydrogen (secondary N) is 1. The van der Waals surface area contributed by atoms with Gasteiger partial charge in [0, 0.05) is 24.5 Å². The first-order chi connectivity index (χ1) is 14.2. The van der Waals surface area contributed by atoms with Crippen molar-refractivity contribution in [3.8, 4) is 11.7 Å². The highest BCUT2D eigenvalue weighted by molar-refractivity contribution is 5.95. The van der Waals surface area contributed by atoms with Gasteiger partial charge in [-0.25, -0.2) is 14.6 Å². The van der Waals surface area contributed by atoms with Gasteiger partial charge >= 0.3 is 6.18 Å². The molecule has 3 aromatic heterocycles. The highest BCUT2D eigenvalue weighted by atomic mass is 19.4. The van der Waals surface area contributed by atoms with Gasteiger partial charge in [0.2, 0.25) is 5.88 Å². The van der Waals surface area contributed by atoms with Crippen LogP contribution in [0.15, 0.2) is 42.9 Å². The first-order valence-corrected chi connectivity index (χ1v) is 9.10. The van der Waals surface area contributed by atoms with E-state index >= 15 is 0 Å². The lowest BCUT2D eigenvalue weighted by molar-refractivity contribution is -0.137. The summed E-state index contributed by atoms with van der Waals surface area (Å²) in [5.74, 6) is 0.0965. The summed E-state index contributed by atoms with van der Waals surface area (Å²) in [5, 5.41) is 6.98. The van der Waals surface area contributed by atoms with Crippen LogP contribution in [0.3, 0.4) is 0 Å². The average molecular weight is 419 g/mol. The van der Waals surface area contributed by atoms with Gasteiger partial charge < -0.3 is 10.1 Å². The van der Waals surface area contributed by atoms with Gasteiger partial charge in [0.05, 0.1) is 30.1 Å². The molecule has 0 aromatic carbocycles. The van der Waals surface area contributed by atoms with Crippen molar-refractivity contribution in [3.63, 3.8) is 0 Å². The Labute approximate surface area is 170 Å². The van der Waals surface area contributed by atoms with Gasteiger partial charge in [0.1, 0.15) is 0 Å². The highest BCUT2D eigenvalue weighted by Crippen LogP contribution is 2.29. The van der Waals surface area contributed by atoms with Crippen LogP contribution >= 0.6 is 0 Å². The van der Waals surface area contributed by atoms with Crippen LogP contribution in [0, 0.1) is 0 Å². The quantitative estimate of drug-likeness (QED) is 0.658. The highest BCUT2D eigenvalue weighted by Gasteiger charge is 2.31. The zero-order valence-electron chi connectivity index (χ0n) is 16.6. The number of methoxy groups -OCH3 is 1. The summed E-state index contributed by atoms with van der Waals surface area (Å²) in [7, 11) is 1.49. The molecule has 1 amide bonds. The number of carbonyl (C=O) groups excluding carboxylic acids is 1. The van der Waals surface area contributed by atoms with Gasteiger partial charge in [-0.15, -0.1) is 0 Å². The summed E-state index contributed by atoms with van der Waals surface area (Å²) < 4.78 is 44.9. The lowest BCUT2D eigenvalue weighted by atomic mass is 10.1. The number of rotatable bonds is 6. The first-order valence-electron chi connectivity index (χ1n) is 9.10. The van der Waals surface area contributed by atoms with Crippen molar-refractivity contribution in [2.45, 2.75) is 32.5 Å². The average Bonchev–Trinajstić information content (AvgIpc) is 3.17. The predicted octanol–water partition coefficient (Wildman–Crippen LogP) is 3.74. The van der Waals surface area contributed by atoms with Crippen molar-refractivity contribution in [2.24, 2.45) is 0 Å². The molecule has 3 heterocycles. The number of halogens is 3. The molecule has 0 aliphatic carbocycles. The largest absolute Gasteiger partial charge is 0.481 e. The zero-order chi connectivity index (χ0) is 21.9. The molecule has 3 rings (SSSR count). The molecule has 158 valence electrons. The second-order valence-corrected chi connectivity index (χ2v) is 6.77. The van der Waals surface area contributed by atoms with Crippen LogP contribution in [-0.2, 0) is 12.7 Å². The minimum absolute atomic E-state index is 0.134. The summed E-state index contributed by atoms with van der Waals surface area (Å²) in [6, 6.07) is 5.68. The van der Waals surface area contributed by atoms with E-state index in [4.69, 9.17) is 4.74 Å². The minimum atomic E-state index is -4.48. The van der Waals surface area contributed by atoms with Crippen molar-refractivity contribution < 1.29 is 22.7 Å². The summed E-state index contributed by atoms with van der Waals surface area (Å²) in [5.41, 5.74) is 0.705. The van der Waals surface area contributed by atoms with Gasteiger partial charge in [0.15, 0.2) is 5.82 Å². The number of aromatic nitrogens is 4. The van der Waals surface area contributed by atoms with Gasteiger partial charge in [-0.3, -0.25) is 4.79 Å². The molecular formula is C20H20F3N5O2. The molecule has 30 heavy (non-hydrogen) atoms. The Bertz CT molecular complexity index is 1030. The Morgan fingerprint density at radius 2 is 1.97 bits per heavy atom. The number of alkyl halides is 3. The zero-order valence-corrected chi connectivity index (χ0v) is 16.6. The Balaban J connectivity index is 1.86. The molecule has 7 nitrogen and oxygen atoms in total. The molecule has 0 saturated carbocycles. The molecule has 3 aromatic rings. The third-order valence-corrected chi connectivity index (χ3v) is 4.37. The molecule has 0 radical (unpaired) electrons. The Hall–Kier alpha value is -3.43. The first kappa shape index (κ1) is 21.3. The Morgan fingerprint density at radius 1 is 1.20 bits per heavy atom. The van der Waals surface area contributed by atoms with Crippen molar-refractivity contribution in [2.75, 3.05) is 7.11 Å². The van der Waals surface area contributed by atoms with Crippen LogP contribution in [0.5, 0.6) is 5.88 Å². The molecule has 1 N–H and O–H groups in total. The van der Waals surface area contributed by atoms with Crippen LogP contribution in [-0.4, -0.2) is 32.8 Å². The summed E-state index contributed by atoms with van der Waals surface area (Å²) in [6.45, 7) is 3.91. The number of ether oxygens (including phenoxy) is 1. The van der Waals surface area contributed by atoms with E-state index in [2.05, 4.69) is 20.4 Å². The second kappa shape index (κ2) is 8.52. The molecular weight excluding hydrogens is 399 g/mol.